The minimum atomic E-state index is -0.775. The first-order chi connectivity index (χ1) is 19.0. The maximum atomic E-state index is 13.5. The van der Waals surface area contributed by atoms with Crippen LogP contribution in [0.15, 0.2) is 84.4 Å². The van der Waals surface area contributed by atoms with Crippen LogP contribution in [-0.4, -0.2) is 43.1 Å². The van der Waals surface area contributed by atoms with Crippen LogP contribution in [0.5, 0.6) is 5.75 Å². The quantitative estimate of drug-likeness (QED) is 0.326. The van der Waals surface area contributed by atoms with Gasteiger partial charge in [0.25, 0.3) is 5.91 Å². The van der Waals surface area contributed by atoms with E-state index in [4.69, 9.17) is 9.47 Å². The highest BCUT2D eigenvalue weighted by atomic mass is 16.5. The summed E-state index contributed by atoms with van der Waals surface area (Å²) < 4.78 is 10.7. The Morgan fingerprint density at radius 2 is 1.72 bits per heavy atom. The lowest BCUT2D eigenvalue weighted by molar-refractivity contribution is -0.138. The Labute approximate surface area is 228 Å². The smallest absolute Gasteiger partial charge is 0.338 e. The Bertz CT molecular complexity index is 1350. The zero-order valence-electron chi connectivity index (χ0n) is 22.4. The summed E-state index contributed by atoms with van der Waals surface area (Å²) in [6, 6.07) is 22.2. The second-order valence-electron chi connectivity index (χ2n) is 9.04. The molecule has 0 saturated heterocycles. The fourth-order valence-corrected chi connectivity index (χ4v) is 4.51. The highest BCUT2D eigenvalue weighted by Gasteiger charge is 2.38. The zero-order valence-corrected chi connectivity index (χ0v) is 22.4. The van der Waals surface area contributed by atoms with Crippen LogP contribution >= 0.6 is 0 Å². The second-order valence-corrected chi connectivity index (χ2v) is 9.04. The van der Waals surface area contributed by atoms with Gasteiger partial charge in [-0.2, -0.15) is 0 Å². The van der Waals surface area contributed by atoms with Crippen LogP contribution < -0.4 is 15.4 Å². The summed E-state index contributed by atoms with van der Waals surface area (Å²) in [7, 11) is 1.57. The monoisotopic (exact) mass is 527 g/mol. The van der Waals surface area contributed by atoms with Gasteiger partial charge in [-0.15, -0.1) is 0 Å². The van der Waals surface area contributed by atoms with Crippen molar-refractivity contribution in [3.05, 3.63) is 101 Å². The lowest BCUT2D eigenvalue weighted by atomic mass is 9.91. The van der Waals surface area contributed by atoms with Crippen molar-refractivity contribution in [1.29, 1.82) is 0 Å². The van der Waals surface area contributed by atoms with Crippen LogP contribution in [-0.2, 0) is 9.53 Å². The van der Waals surface area contributed by atoms with E-state index < -0.39 is 12.0 Å². The number of unbranched alkanes of at least 4 members (excludes halogenated alkanes) is 1. The number of carbonyl (C=O) groups excluding carboxylic acids is 3. The number of ether oxygens (including phenoxy) is 2. The van der Waals surface area contributed by atoms with Gasteiger partial charge in [0.05, 0.1) is 31.0 Å². The van der Waals surface area contributed by atoms with Crippen molar-refractivity contribution in [3.63, 3.8) is 0 Å². The van der Waals surface area contributed by atoms with Crippen molar-refractivity contribution in [2.45, 2.75) is 32.7 Å². The first-order valence-electron chi connectivity index (χ1n) is 13.1. The van der Waals surface area contributed by atoms with Crippen molar-refractivity contribution in [2.75, 3.05) is 25.6 Å². The number of amides is 3. The van der Waals surface area contributed by atoms with Crippen molar-refractivity contribution in [3.8, 4) is 5.75 Å². The molecule has 0 aliphatic carbocycles. The first-order valence-corrected chi connectivity index (χ1v) is 13.1. The van der Waals surface area contributed by atoms with Gasteiger partial charge in [-0.25, -0.2) is 9.59 Å². The van der Waals surface area contributed by atoms with Gasteiger partial charge in [0.15, 0.2) is 0 Å². The Hall–Kier alpha value is -4.59. The lowest BCUT2D eigenvalue weighted by Crippen LogP contribution is -2.48. The van der Waals surface area contributed by atoms with Gasteiger partial charge >= 0.3 is 12.0 Å². The molecule has 0 bridgehead atoms. The number of nitrogens with zero attached hydrogens (tertiary/aromatic N) is 1. The maximum Gasteiger partial charge on any atom is 0.338 e. The van der Waals surface area contributed by atoms with Crippen molar-refractivity contribution < 1.29 is 23.9 Å². The number of carbonyl (C=O) groups is 3. The molecule has 0 radical (unpaired) electrons. The van der Waals surface area contributed by atoms with E-state index in [-0.39, 0.29) is 18.5 Å². The molecule has 1 aliphatic rings. The number of urea groups is 1. The fourth-order valence-electron chi connectivity index (χ4n) is 4.51. The Morgan fingerprint density at radius 1 is 0.974 bits per heavy atom. The van der Waals surface area contributed by atoms with Gasteiger partial charge in [-0.3, -0.25) is 9.69 Å². The number of hydrogen-bond acceptors (Lipinski definition) is 5. The predicted molar refractivity (Wildman–Crippen MR) is 150 cm³/mol. The van der Waals surface area contributed by atoms with Crippen LogP contribution in [0.1, 0.15) is 54.2 Å². The van der Waals surface area contributed by atoms with Crippen molar-refractivity contribution in [2.24, 2.45) is 0 Å². The van der Waals surface area contributed by atoms with Crippen LogP contribution in [0.25, 0.3) is 5.70 Å². The number of methoxy groups -OCH3 is 1. The molecule has 0 unspecified atom stereocenters. The Kier molecular flexibility index (Phi) is 8.99. The summed E-state index contributed by atoms with van der Waals surface area (Å²) in [5.74, 6) is -0.142. The van der Waals surface area contributed by atoms with E-state index in [1.807, 2.05) is 36.4 Å². The van der Waals surface area contributed by atoms with Gasteiger partial charge in [-0.05, 0) is 60.9 Å². The molecule has 0 saturated carbocycles. The number of esters is 1. The third kappa shape index (κ3) is 6.29. The fraction of sp³-hybridized carbons (Fsp3) is 0.258. The Morgan fingerprint density at radius 3 is 2.38 bits per heavy atom. The van der Waals surface area contributed by atoms with E-state index >= 15 is 0 Å². The molecule has 39 heavy (non-hydrogen) atoms. The molecule has 8 heteroatoms. The molecule has 0 aromatic heterocycles. The third-order valence-electron chi connectivity index (χ3n) is 6.43. The van der Waals surface area contributed by atoms with Gasteiger partial charge in [0, 0.05) is 17.8 Å². The summed E-state index contributed by atoms with van der Waals surface area (Å²) >= 11 is 0. The molecular formula is C31H33N3O5. The van der Waals surface area contributed by atoms with Crippen LogP contribution in [0.3, 0.4) is 0 Å². The molecule has 3 aromatic rings. The van der Waals surface area contributed by atoms with E-state index in [0.717, 1.165) is 18.4 Å². The molecule has 1 aliphatic heterocycles. The van der Waals surface area contributed by atoms with Gasteiger partial charge in [0.1, 0.15) is 5.75 Å². The second kappa shape index (κ2) is 12.8. The highest BCUT2D eigenvalue weighted by Crippen LogP contribution is 2.37. The number of benzene rings is 3. The summed E-state index contributed by atoms with van der Waals surface area (Å²) in [4.78, 5) is 41.4. The van der Waals surface area contributed by atoms with E-state index in [1.54, 1.807) is 61.4 Å². The van der Waals surface area contributed by atoms with Crippen molar-refractivity contribution in [1.82, 2.24) is 10.2 Å². The minimum absolute atomic E-state index is 0.192. The first kappa shape index (κ1) is 27.4. The highest BCUT2D eigenvalue weighted by molar-refractivity contribution is 6.06. The number of anilines is 1. The topological polar surface area (TPSA) is 97.0 Å². The van der Waals surface area contributed by atoms with Gasteiger partial charge in [-0.1, -0.05) is 55.8 Å². The summed E-state index contributed by atoms with van der Waals surface area (Å²) in [5.41, 5.74) is 3.27. The molecule has 202 valence electrons. The summed E-state index contributed by atoms with van der Waals surface area (Å²) in [5, 5.41) is 5.91. The molecule has 2 N–H and O–H groups in total. The summed E-state index contributed by atoms with van der Waals surface area (Å²) in [6.45, 7) is 4.45. The normalized spacial score (nSPS) is 15.0. The Balaban J connectivity index is 1.76. The summed E-state index contributed by atoms with van der Waals surface area (Å²) in [6.07, 6.45) is 1.66. The largest absolute Gasteiger partial charge is 0.497 e. The van der Waals surface area contributed by atoms with Gasteiger partial charge in [0.2, 0.25) is 0 Å². The minimum Gasteiger partial charge on any atom is -0.497 e. The van der Waals surface area contributed by atoms with Crippen LogP contribution in [0.2, 0.25) is 0 Å². The third-order valence-corrected chi connectivity index (χ3v) is 6.43. The number of hydrogen-bond donors (Lipinski definition) is 2. The molecule has 1 atom stereocenters. The van der Waals surface area contributed by atoms with Crippen LogP contribution in [0.4, 0.5) is 10.5 Å². The van der Waals surface area contributed by atoms with Crippen LogP contribution in [0, 0.1) is 0 Å². The zero-order chi connectivity index (χ0) is 27.8. The molecule has 3 amide bonds. The number of nitrogens with one attached hydrogen (secondary N) is 2. The van der Waals surface area contributed by atoms with E-state index in [0.29, 0.717) is 40.4 Å². The molecule has 1 heterocycles. The van der Waals surface area contributed by atoms with E-state index in [2.05, 4.69) is 17.6 Å². The standard InChI is InChI=1S/C31H33N3O5/c1-4-6-19-34-28(21-11-8-7-9-12-21)26(30(36)39-5-2)27(33-31(34)37)23-13-10-14-24(20-23)32-29(35)22-15-17-25(38-3)18-16-22/h7-18,20,27H,4-6,19H2,1-3H3,(H,32,35)(H,33,37)/t27-/m1/s1. The average molecular weight is 528 g/mol. The molecule has 0 spiro atoms. The molecule has 8 nitrogen and oxygen atoms in total. The number of rotatable bonds is 10. The molecule has 3 aromatic carbocycles. The maximum absolute atomic E-state index is 13.5. The average Bonchev–Trinajstić information content (AvgIpc) is 2.96. The van der Waals surface area contributed by atoms with Crippen molar-refractivity contribution >= 4 is 29.3 Å². The predicted octanol–water partition coefficient (Wildman–Crippen LogP) is 5.79. The SMILES string of the molecule is CCCCN1C(=O)N[C@H](c2cccc(NC(=O)c3ccc(OC)cc3)c2)C(C(=O)OCC)=C1c1ccccc1. The molecule has 0 fully saturated rings. The van der Waals surface area contributed by atoms with E-state index in [1.165, 1.54) is 0 Å². The lowest BCUT2D eigenvalue weighted by Gasteiger charge is -2.37. The van der Waals surface area contributed by atoms with E-state index in [9.17, 15) is 14.4 Å². The molecular weight excluding hydrogens is 494 g/mol. The van der Waals surface area contributed by atoms with Gasteiger partial charge < -0.3 is 20.1 Å². The molecule has 4 rings (SSSR count).